The lowest BCUT2D eigenvalue weighted by molar-refractivity contribution is 0.911. The van der Waals surface area contributed by atoms with Crippen molar-refractivity contribution in [3.05, 3.63) is 59.0 Å². The average molecular weight is 300 g/mol. The minimum Gasteiger partial charge on any atom is -0.378 e. The molecule has 106 valence electrons. The summed E-state index contributed by atoms with van der Waals surface area (Å²) in [4.78, 5) is 4.12. The molecule has 0 atom stereocenters. The lowest BCUT2D eigenvalue weighted by atomic mass is 10.1. The van der Waals surface area contributed by atoms with Crippen LogP contribution in [0.3, 0.4) is 0 Å². The van der Waals surface area contributed by atoms with Crippen molar-refractivity contribution < 1.29 is 0 Å². The summed E-state index contributed by atoms with van der Waals surface area (Å²) in [6.45, 7) is 2.48. The summed E-state index contributed by atoms with van der Waals surface area (Å²) in [5.74, 6) is 0. The molecule has 3 aromatic rings. The van der Waals surface area contributed by atoms with E-state index < -0.39 is 0 Å². The molecule has 6 heteroatoms. The Bertz CT molecular complexity index is 739. The van der Waals surface area contributed by atoms with Gasteiger partial charge in [0.1, 0.15) is 16.5 Å². The first kappa shape index (κ1) is 13.6. The molecule has 5 nitrogen and oxygen atoms in total. The highest BCUT2D eigenvalue weighted by Crippen LogP contribution is 2.21. The van der Waals surface area contributed by atoms with Gasteiger partial charge in [-0.15, -0.1) is 0 Å². The van der Waals surface area contributed by atoms with Crippen LogP contribution in [0.1, 0.15) is 11.3 Å². The van der Waals surface area contributed by atoms with Crippen LogP contribution in [0.15, 0.2) is 42.6 Å². The Kier molecular flexibility index (Phi) is 3.83. The largest absolute Gasteiger partial charge is 0.378 e. The highest BCUT2D eigenvalue weighted by molar-refractivity contribution is 6.30. The number of anilines is 1. The third kappa shape index (κ3) is 3.03. The van der Waals surface area contributed by atoms with Gasteiger partial charge in [-0.25, -0.2) is 4.98 Å². The fraction of sp³-hybridized carbons (Fsp3) is 0.133. The molecule has 1 aromatic carbocycles. The summed E-state index contributed by atoms with van der Waals surface area (Å²) in [6.07, 6.45) is 1.71. The van der Waals surface area contributed by atoms with Gasteiger partial charge in [0.15, 0.2) is 0 Å². The number of nitrogens with one attached hydrogen (secondary N) is 2. The minimum atomic E-state index is 0.520. The van der Waals surface area contributed by atoms with Crippen molar-refractivity contribution in [1.82, 2.24) is 20.4 Å². The van der Waals surface area contributed by atoms with Crippen LogP contribution in [0, 0.1) is 6.92 Å². The first-order valence-corrected chi connectivity index (χ1v) is 6.93. The molecule has 0 fully saturated rings. The molecule has 2 heterocycles. The predicted molar refractivity (Wildman–Crippen MR) is 83.1 cm³/mol. The van der Waals surface area contributed by atoms with E-state index in [0.29, 0.717) is 11.7 Å². The van der Waals surface area contributed by atoms with E-state index in [9.17, 15) is 0 Å². The SMILES string of the molecule is Cc1cc(NCc2n[nH]nc2-c2ccccc2)cnc1Cl. The van der Waals surface area contributed by atoms with Crippen LogP contribution in [0.4, 0.5) is 5.69 Å². The van der Waals surface area contributed by atoms with Crippen molar-refractivity contribution in [2.75, 3.05) is 5.32 Å². The Morgan fingerprint density at radius 1 is 1.19 bits per heavy atom. The maximum atomic E-state index is 5.92. The number of aromatic nitrogens is 4. The Labute approximate surface area is 127 Å². The molecule has 3 rings (SSSR count). The van der Waals surface area contributed by atoms with Crippen LogP contribution in [0.25, 0.3) is 11.3 Å². The number of pyridine rings is 1. The number of aromatic amines is 1. The fourth-order valence-electron chi connectivity index (χ4n) is 2.04. The van der Waals surface area contributed by atoms with Crippen LogP contribution in [0.2, 0.25) is 5.15 Å². The summed E-state index contributed by atoms with van der Waals surface area (Å²) >= 11 is 5.92. The number of hydrogen-bond donors (Lipinski definition) is 2. The van der Waals surface area contributed by atoms with Crippen molar-refractivity contribution in [1.29, 1.82) is 0 Å². The van der Waals surface area contributed by atoms with E-state index in [1.807, 2.05) is 43.3 Å². The van der Waals surface area contributed by atoms with Gasteiger partial charge in [0.05, 0.1) is 18.4 Å². The van der Waals surface area contributed by atoms with Crippen molar-refractivity contribution in [2.45, 2.75) is 13.5 Å². The molecular weight excluding hydrogens is 286 g/mol. The van der Waals surface area contributed by atoms with Gasteiger partial charge in [-0.05, 0) is 18.6 Å². The summed E-state index contributed by atoms with van der Waals surface area (Å²) in [7, 11) is 0. The van der Waals surface area contributed by atoms with Gasteiger partial charge in [-0.2, -0.15) is 15.4 Å². The van der Waals surface area contributed by atoms with E-state index in [1.165, 1.54) is 0 Å². The Hall–Kier alpha value is -2.40. The maximum Gasteiger partial charge on any atom is 0.132 e. The monoisotopic (exact) mass is 299 g/mol. The maximum absolute atomic E-state index is 5.92. The van der Waals surface area contributed by atoms with Crippen LogP contribution in [-0.4, -0.2) is 20.4 Å². The van der Waals surface area contributed by atoms with Crippen molar-refractivity contribution in [3.8, 4) is 11.3 Å². The summed E-state index contributed by atoms with van der Waals surface area (Å²) in [6, 6.07) is 11.9. The molecule has 2 N–H and O–H groups in total. The van der Waals surface area contributed by atoms with Gasteiger partial charge < -0.3 is 5.32 Å². The molecule has 21 heavy (non-hydrogen) atoms. The molecule has 0 spiro atoms. The lowest BCUT2D eigenvalue weighted by Crippen LogP contribution is -2.02. The third-order valence-electron chi connectivity index (χ3n) is 3.14. The van der Waals surface area contributed by atoms with E-state index in [-0.39, 0.29) is 0 Å². The third-order valence-corrected chi connectivity index (χ3v) is 3.54. The molecule has 0 unspecified atom stereocenters. The molecule has 0 saturated carbocycles. The Balaban J connectivity index is 1.77. The van der Waals surface area contributed by atoms with Gasteiger partial charge >= 0.3 is 0 Å². The van der Waals surface area contributed by atoms with Crippen molar-refractivity contribution in [2.24, 2.45) is 0 Å². The number of halogens is 1. The van der Waals surface area contributed by atoms with Gasteiger partial charge in [-0.1, -0.05) is 41.9 Å². The number of H-pyrrole nitrogens is 1. The van der Waals surface area contributed by atoms with Gasteiger partial charge in [-0.3, -0.25) is 0 Å². The normalized spacial score (nSPS) is 10.6. The summed E-state index contributed by atoms with van der Waals surface area (Å²) in [5.41, 5.74) is 4.58. The van der Waals surface area contributed by atoms with Crippen LogP contribution in [-0.2, 0) is 6.54 Å². The molecule has 0 saturated heterocycles. The fourth-order valence-corrected chi connectivity index (χ4v) is 2.15. The number of rotatable bonds is 4. The molecule has 0 aliphatic heterocycles. The summed E-state index contributed by atoms with van der Waals surface area (Å²) in [5, 5.41) is 14.9. The topological polar surface area (TPSA) is 66.5 Å². The molecule has 0 aliphatic carbocycles. The molecule has 0 amide bonds. The van der Waals surface area contributed by atoms with E-state index in [2.05, 4.69) is 25.7 Å². The minimum absolute atomic E-state index is 0.520. The molecule has 0 radical (unpaired) electrons. The van der Waals surface area contributed by atoms with Crippen LogP contribution < -0.4 is 5.32 Å². The highest BCUT2D eigenvalue weighted by Gasteiger charge is 2.09. The average Bonchev–Trinajstić information content (AvgIpc) is 2.98. The van der Waals surface area contributed by atoms with Crippen LogP contribution in [0.5, 0.6) is 0 Å². The van der Waals surface area contributed by atoms with E-state index in [0.717, 1.165) is 28.2 Å². The van der Waals surface area contributed by atoms with Gasteiger partial charge in [0.25, 0.3) is 0 Å². The Morgan fingerprint density at radius 3 is 2.76 bits per heavy atom. The predicted octanol–water partition coefficient (Wildman–Crippen LogP) is 3.44. The molecule has 0 aliphatic rings. The second-order valence-electron chi connectivity index (χ2n) is 4.67. The zero-order valence-electron chi connectivity index (χ0n) is 11.5. The highest BCUT2D eigenvalue weighted by atomic mass is 35.5. The van der Waals surface area contributed by atoms with Gasteiger partial charge in [0, 0.05) is 5.56 Å². The quantitative estimate of drug-likeness (QED) is 0.724. The number of benzene rings is 1. The zero-order valence-corrected chi connectivity index (χ0v) is 12.2. The molecule has 0 bridgehead atoms. The van der Waals surface area contributed by atoms with E-state index in [1.54, 1.807) is 6.20 Å². The van der Waals surface area contributed by atoms with Crippen LogP contribution >= 0.6 is 11.6 Å². The van der Waals surface area contributed by atoms with Gasteiger partial charge in [0.2, 0.25) is 0 Å². The van der Waals surface area contributed by atoms with Crippen molar-refractivity contribution >= 4 is 17.3 Å². The first-order chi connectivity index (χ1) is 10.2. The lowest BCUT2D eigenvalue weighted by Gasteiger charge is -2.07. The van der Waals surface area contributed by atoms with Crippen molar-refractivity contribution in [3.63, 3.8) is 0 Å². The number of hydrogen-bond acceptors (Lipinski definition) is 4. The zero-order chi connectivity index (χ0) is 14.7. The van der Waals surface area contributed by atoms with E-state index in [4.69, 9.17) is 11.6 Å². The smallest absolute Gasteiger partial charge is 0.132 e. The molecule has 2 aromatic heterocycles. The standard InChI is InChI=1S/C15H14ClN5/c1-10-7-12(8-18-15(10)16)17-9-13-14(20-21-19-13)11-5-3-2-4-6-11/h2-8,17H,9H2,1H3,(H,19,20,21). The molecular formula is C15H14ClN5. The first-order valence-electron chi connectivity index (χ1n) is 6.55. The number of aryl methyl sites for hydroxylation is 1. The summed E-state index contributed by atoms with van der Waals surface area (Å²) < 4.78 is 0. The van der Waals surface area contributed by atoms with E-state index >= 15 is 0 Å². The number of nitrogens with zero attached hydrogens (tertiary/aromatic N) is 3. The second kappa shape index (κ2) is 5.93. The second-order valence-corrected chi connectivity index (χ2v) is 5.03. The Morgan fingerprint density at radius 2 is 2.00 bits per heavy atom.